The fourth-order valence-corrected chi connectivity index (χ4v) is 4.38. The van der Waals surface area contributed by atoms with E-state index >= 15 is 0 Å². The number of rotatable bonds is 3. The predicted molar refractivity (Wildman–Crippen MR) is 122 cm³/mol. The van der Waals surface area contributed by atoms with Gasteiger partial charge < -0.3 is 9.47 Å². The summed E-state index contributed by atoms with van der Waals surface area (Å²) in [6.07, 6.45) is 1.69. The minimum Gasteiger partial charge on any atom is -0.477 e. The van der Waals surface area contributed by atoms with Crippen LogP contribution in [-0.4, -0.2) is 17.4 Å². The van der Waals surface area contributed by atoms with Gasteiger partial charge >= 0.3 is 0 Å². The molecule has 2 aliphatic heterocycles. The number of fused-ring (bicyclic) bond motifs is 2. The van der Waals surface area contributed by atoms with Gasteiger partial charge in [-0.05, 0) is 42.3 Å². The normalized spacial score (nSPS) is 16.6. The lowest BCUT2D eigenvalue weighted by Gasteiger charge is -2.30. The van der Waals surface area contributed by atoms with Crippen LogP contribution in [0.4, 0.5) is 0 Å². The molecule has 0 aromatic heterocycles. The van der Waals surface area contributed by atoms with Crippen molar-refractivity contribution in [3.05, 3.63) is 98.2 Å². The van der Waals surface area contributed by atoms with Crippen LogP contribution < -0.4 is 9.47 Å². The van der Waals surface area contributed by atoms with Gasteiger partial charge in [0.15, 0.2) is 5.76 Å². The summed E-state index contributed by atoms with van der Waals surface area (Å²) in [6.45, 7) is 3.68. The molecule has 6 heteroatoms. The zero-order chi connectivity index (χ0) is 21.5. The highest BCUT2D eigenvalue weighted by molar-refractivity contribution is 6.32. The maximum absolute atomic E-state index is 13.1. The molecule has 0 saturated carbocycles. The molecular weight excluding hydrogens is 433 g/mol. The molecule has 0 aliphatic carbocycles. The highest BCUT2D eigenvalue weighted by Crippen LogP contribution is 2.43. The number of carbonyl (C=O) groups is 1. The fraction of sp³-hybridized carbons (Fsp3) is 0.160. The molecule has 0 atom stereocenters. The van der Waals surface area contributed by atoms with E-state index in [0.29, 0.717) is 36.2 Å². The first-order chi connectivity index (χ1) is 15.0. The number of ketones is 1. The molecule has 0 fully saturated rings. The second kappa shape index (κ2) is 8.04. The fourth-order valence-electron chi connectivity index (χ4n) is 4.00. The third-order valence-electron chi connectivity index (χ3n) is 5.55. The Morgan fingerprint density at radius 3 is 2.55 bits per heavy atom. The van der Waals surface area contributed by atoms with Crippen LogP contribution in [0.25, 0.3) is 6.08 Å². The maximum atomic E-state index is 13.1. The van der Waals surface area contributed by atoms with Crippen LogP contribution in [0.15, 0.2) is 60.4 Å². The van der Waals surface area contributed by atoms with Crippen molar-refractivity contribution >= 4 is 35.1 Å². The van der Waals surface area contributed by atoms with E-state index in [1.807, 2.05) is 55.5 Å². The van der Waals surface area contributed by atoms with Crippen molar-refractivity contribution in [3.63, 3.8) is 0 Å². The van der Waals surface area contributed by atoms with Crippen LogP contribution in [0.1, 0.15) is 32.6 Å². The molecule has 156 valence electrons. The molecule has 0 N–H and O–H groups in total. The molecule has 3 aromatic carbocycles. The van der Waals surface area contributed by atoms with Gasteiger partial charge in [0.25, 0.3) is 0 Å². The van der Waals surface area contributed by atoms with Gasteiger partial charge in [-0.25, -0.2) is 0 Å². The van der Waals surface area contributed by atoms with E-state index in [0.717, 1.165) is 33.0 Å². The summed E-state index contributed by atoms with van der Waals surface area (Å²) >= 11 is 12.6. The van der Waals surface area contributed by atoms with E-state index in [1.54, 1.807) is 12.1 Å². The Labute approximate surface area is 190 Å². The van der Waals surface area contributed by atoms with E-state index < -0.39 is 0 Å². The Balaban J connectivity index is 1.44. The largest absolute Gasteiger partial charge is 0.477 e. The number of nitrogens with zero attached hydrogens (tertiary/aromatic N) is 1. The summed E-state index contributed by atoms with van der Waals surface area (Å²) in [4.78, 5) is 15.2. The molecule has 2 aliphatic rings. The predicted octanol–water partition coefficient (Wildman–Crippen LogP) is 6.27. The first-order valence-electron chi connectivity index (χ1n) is 9.95. The lowest BCUT2D eigenvalue weighted by Crippen LogP contribution is -2.32. The lowest BCUT2D eigenvalue weighted by atomic mass is 10.00. The topological polar surface area (TPSA) is 38.8 Å². The van der Waals surface area contributed by atoms with Crippen LogP contribution in [0, 0.1) is 6.92 Å². The van der Waals surface area contributed by atoms with E-state index in [-0.39, 0.29) is 11.5 Å². The molecule has 0 amide bonds. The number of hydrogen-bond acceptors (Lipinski definition) is 4. The van der Waals surface area contributed by atoms with Gasteiger partial charge in [0.2, 0.25) is 5.78 Å². The zero-order valence-corrected chi connectivity index (χ0v) is 18.3. The summed E-state index contributed by atoms with van der Waals surface area (Å²) in [6, 6.07) is 17.0. The highest BCUT2D eigenvalue weighted by Gasteiger charge is 2.33. The lowest BCUT2D eigenvalue weighted by molar-refractivity contribution is 0.0877. The molecule has 0 bridgehead atoms. The Morgan fingerprint density at radius 1 is 1.03 bits per heavy atom. The summed E-state index contributed by atoms with van der Waals surface area (Å²) in [5.74, 6) is 1.45. The van der Waals surface area contributed by atoms with Gasteiger partial charge in [-0.1, -0.05) is 59.6 Å². The first-order valence-corrected chi connectivity index (χ1v) is 10.7. The highest BCUT2D eigenvalue weighted by atomic mass is 35.5. The molecule has 0 spiro atoms. The van der Waals surface area contributed by atoms with Crippen molar-refractivity contribution < 1.29 is 14.3 Å². The van der Waals surface area contributed by atoms with Gasteiger partial charge in [-0.3, -0.25) is 9.69 Å². The van der Waals surface area contributed by atoms with Gasteiger partial charge in [0.1, 0.15) is 18.2 Å². The van der Waals surface area contributed by atoms with Crippen molar-refractivity contribution in [2.24, 2.45) is 0 Å². The number of allylic oxidation sites excluding steroid dienone is 1. The van der Waals surface area contributed by atoms with Crippen LogP contribution in [0.2, 0.25) is 10.0 Å². The van der Waals surface area contributed by atoms with Crippen LogP contribution >= 0.6 is 23.2 Å². The Kier molecular flexibility index (Phi) is 5.22. The van der Waals surface area contributed by atoms with Crippen LogP contribution in [0.3, 0.4) is 0 Å². The molecule has 3 aromatic rings. The minimum absolute atomic E-state index is 0.149. The summed E-state index contributed by atoms with van der Waals surface area (Å²) < 4.78 is 12.0. The minimum atomic E-state index is -0.149. The maximum Gasteiger partial charge on any atom is 0.231 e. The van der Waals surface area contributed by atoms with Crippen molar-refractivity contribution in [2.75, 3.05) is 6.73 Å². The second-order valence-electron chi connectivity index (χ2n) is 7.68. The zero-order valence-electron chi connectivity index (χ0n) is 16.8. The smallest absolute Gasteiger partial charge is 0.231 e. The second-order valence-corrected chi connectivity index (χ2v) is 8.49. The first kappa shape index (κ1) is 20.1. The number of benzene rings is 3. The van der Waals surface area contributed by atoms with Crippen molar-refractivity contribution in [2.45, 2.75) is 20.0 Å². The van der Waals surface area contributed by atoms with Crippen molar-refractivity contribution in [3.8, 4) is 11.5 Å². The van der Waals surface area contributed by atoms with E-state index in [1.165, 1.54) is 0 Å². The number of Topliss-reactive ketones (excluding diaryl/α,β-unsaturated/α-hetero) is 1. The number of ether oxygens (including phenoxy) is 2. The number of hydrogen-bond donors (Lipinski definition) is 0. The standard InChI is InChI=1S/C25H19Cl2NO3/c1-15-24-18(13-28(14-30-24)12-17-7-3-5-9-21(17)27)10-19-23(29)22(31-25(15)19)11-16-6-2-4-8-20(16)26/h2-11H,12-14H2,1H3/b22-11-. The van der Waals surface area contributed by atoms with Crippen molar-refractivity contribution in [1.82, 2.24) is 4.90 Å². The molecule has 5 rings (SSSR count). The molecule has 0 unspecified atom stereocenters. The van der Waals surface area contributed by atoms with Crippen LogP contribution in [-0.2, 0) is 13.1 Å². The van der Waals surface area contributed by atoms with E-state index in [9.17, 15) is 4.79 Å². The summed E-state index contributed by atoms with van der Waals surface area (Å²) in [5.41, 5.74) is 4.13. The van der Waals surface area contributed by atoms with E-state index in [4.69, 9.17) is 32.7 Å². The van der Waals surface area contributed by atoms with Gasteiger partial charge in [0.05, 0.1) is 5.56 Å². The monoisotopic (exact) mass is 451 g/mol. The average Bonchev–Trinajstić information content (AvgIpc) is 3.07. The summed E-state index contributed by atoms with van der Waals surface area (Å²) in [5, 5.41) is 1.30. The number of halogens is 2. The third kappa shape index (κ3) is 3.72. The molecule has 31 heavy (non-hydrogen) atoms. The Bertz CT molecular complexity index is 1240. The molecule has 4 nitrogen and oxygen atoms in total. The van der Waals surface area contributed by atoms with Gasteiger partial charge in [-0.15, -0.1) is 0 Å². The third-order valence-corrected chi connectivity index (χ3v) is 6.26. The summed E-state index contributed by atoms with van der Waals surface area (Å²) in [7, 11) is 0. The molecule has 0 radical (unpaired) electrons. The van der Waals surface area contributed by atoms with Gasteiger partial charge in [-0.2, -0.15) is 0 Å². The van der Waals surface area contributed by atoms with Crippen molar-refractivity contribution in [1.29, 1.82) is 0 Å². The SMILES string of the molecule is Cc1c2c(cc3c1O/C(=C\c1ccccc1Cl)C3=O)CN(Cc1ccccc1Cl)CO2. The Morgan fingerprint density at radius 2 is 1.77 bits per heavy atom. The number of carbonyl (C=O) groups excluding carboxylic acids is 1. The molecule has 2 heterocycles. The molecular formula is C25H19Cl2NO3. The average molecular weight is 452 g/mol. The van der Waals surface area contributed by atoms with Gasteiger partial charge in [0, 0.05) is 34.3 Å². The van der Waals surface area contributed by atoms with E-state index in [2.05, 4.69) is 4.90 Å². The quantitative estimate of drug-likeness (QED) is 0.439. The van der Waals surface area contributed by atoms with Crippen LogP contribution in [0.5, 0.6) is 11.5 Å². The Hall–Kier alpha value is -2.79. The molecule has 0 saturated heterocycles.